The molecule has 1 aromatic rings. The van der Waals surface area contributed by atoms with Gasteiger partial charge in [0.2, 0.25) is 0 Å². The van der Waals surface area contributed by atoms with Gasteiger partial charge in [-0.1, -0.05) is 23.7 Å². The summed E-state index contributed by atoms with van der Waals surface area (Å²) in [4.78, 5) is 0. The predicted octanol–water partition coefficient (Wildman–Crippen LogP) is 2.11. The fraction of sp³-hybridized carbons (Fsp3) is 0.400. The predicted molar refractivity (Wildman–Crippen MR) is 54.7 cm³/mol. The van der Waals surface area contributed by atoms with Crippen molar-refractivity contribution in [1.82, 2.24) is 0 Å². The molecule has 0 aliphatic carbocycles. The molecule has 0 spiro atoms. The maximum Gasteiger partial charge on any atom is 0.0431 e. The van der Waals surface area contributed by atoms with Crippen molar-refractivity contribution in [2.24, 2.45) is 5.73 Å². The van der Waals surface area contributed by atoms with E-state index in [1.165, 1.54) is 0 Å². The lowest BCUT2D eigenvalue weighted by molar-refractivity contribution is 0.280. The van der Waals surface area contributed by atoms with Crippen LogP contribution in [0.3, 0.4) is 0 Å². The number of hydrogen-bond donors (Lipinski definition) is 2. The molecule has 0 aliphatic rings. The molecule has 0 aromatic heterocycles. The maximum atomic E-state index is 8.63. The van der Waals surface area contributed by atoms with Crippen molar-refractivity contribution in [2.45, 2.75) is 18.9 Å². The molecule has 1 atom stereocenters. The SMILES string of the molecule is N[C@H](CCCO)c1ccc(Cl)cc1. The van der Waals surface area contributed by atoms with Crippen LogP contribution in [0.2, 0.25) is 5.02 Å². The molecule has 0 fully saturated rings. The minimum absolute atomic E-state index is 0.00409. The second-order valence-electron chi connectivity index (χ2n) is 3.02. The zero-order valence-electron chi connectivity index (χ0n) is 7.41. The van der Waals surface area contributed by atoms with Gasteiger partial charge >= 0.3 is 0 Å². The molecule has 0 amide bonds. The Bertz CT molecular complexity index is 248. The van der Waals surface area contributed by atoms with Gasteiger partial charge < -0.3 is 10.8 Å². The molecular formula is C10H14ClNO. The number of hydrogen-bond acceptors (Lipinski definition) is 2. The summed E-state index contributed by atoms with van der Waals surface area (Å²) in [5.41, 5.74) is 6.94. The van der Waals surface area contributed by atoms with E-state index < -0.39 is 0 Å². The molecule has 2 nitrogen and oxygen atoms in total. The van der Waals surface area contributed by atoms with Gasteiger partial charge in [0.15, 0.2) is 0 Å². The second kappa shape index (κ2) is 5.22. The van der Waals surface area contributed by atoms with Crippen molar-refractivity contribution >= 4 is 11.6 Å². The third kappa shape index (κ3) is 3.35. The van der Waals surface area contributed by atoms with Crippen molar-refractivity contribution in [3.8, 4) is 0 Å². The van der Waals surface area contributed by atoms with Gasteiger partial charge in [-0.05, 0) is 30.5 Å². The lowest BCUT2D eigenvalue weighted by Gasteiger charge is -2.10. The summed E-state index contributed by atoms with van der Waals surface area (Å²) in [5, 5.41) is 9.35. The molecule has 0 radical (unpaired) electrons. The quantitative estimate of drug-likeness (QED) is 0.781. The van der Waals surface area contributed by atoms with Gasteiger partial charge in [0.25, 0.3) is 0 Å². The standard InChI is InChI=1S/C10H14ClNO/c11-9-5-3-8(4-6-9)10(12)2-1-7-13/h3-6,10,13H,1-2,7,12H2/t10-/m1/s1. The summed E-state index contributed by atoms with van der Waals surface area (Å²) in [6, 6.07) is 7.50. The summed E-state index contributed by atoms with van der Waals surface area (Å²) in [6.07, 6.45) is 1.54. The molecule has 13 heavy (non-hydrogen) atoms. The van der Waals surface area contributed by atoms with E-state index in [0.717, 1.165) is 23.4 Å². The molecule has 72 valence electrons. The van der Waals surface area contributed by atoms with Gasteiger partial charge in [-0.25, -0.2) is 0 Å². The summed E-state index contributed by atoms with van der Waals surface area (Å²) in [5.74, 6) is 0. The van der Waals surface area contributed by atoms with E-state index >= 15 is 0 Å². The topological polar surface area (TPSA) is 46.2 Å². The fourth-order valence-corrected chi connectivity index (χ4v) is 1.31. The van der Waals surface area contributed by atoms with Gasteiger partial charge in [-0.15, -0.1) is 0 Å². The monoisotopic (exact) mass is 199 g/mol. The summed E-state index contributed by atoms with van der Waals surface area (Å²) < 4.78 is 0. The highest BCUT2D eigenvalue weighted by Gasteiger charge is 2.04. The lowest BCUT2D eigenvalue weighted by Crippen LogP contribution is -2.10. The highest BCUT2D eigenvalue weighted by Crippen LogP contribution is 2.17. The fourth-order valence-electron chi connectivity index (χ4n) is 1.19. The molecule has 0 aliphatic heterocycles. The number of aliphatic hydroxyl groups is 1. The molecule has 0 heterocycles. The van der Waals surface area contributed by atoms with Crippen LogP contribution >= 0.6 is 11.6 Å². The van der Waals surface area contributed by atoms with Gasteiger partial charge in [0.05, 0.1) is 0 Å². The Hall–Kier alpha value is -0.570. The lowest BCUT2D eigenvalue weighted by atomic mass is 10.0. The summed E-state index contributed by atoms with van der Waals surface area (Å²) in [7, 11) is 0. The molecule has 1 rings (SSSR count). The van der Waals surface area contributed by atoms with Crippen molar-refractivity contribution in [3.63, 3.8) is 0 Å². The molecule has 1 aromatic carbocycles. The Morgan fingerprint density at radius 1 is 1.31 bits per heavy atom. The molecule has 0 unspecified atom stereocenters. The van der Waals surface area contributed by atoms with Gasteiger partial charge in [0.1, 0.15) is 0 Å². The average Bonchev–Trinajstić information content (AvgIpc) is 2.15. The molecule has 0 bridgehead atoms. The molecule has 0 saturated carbocycles. The van der Waals surface area contributed by atoms with Crippen LogP contribution in [0.25, 0.3) is 0 Å². The van der Waals surface area contributed by atoms with Gasteiger partial charge in [-0.3, -0.25) is 0 Å². The molecule has 3 N–H and O–H groups in total. The maximum absolute atomic E-state index is 8.63. The van der Waals surface area contributed by atoms with E-state index in [9.17, 15) is 0 Å². The minimum Gasteiger partial charge on any atom is -0.396 e. The zero-order chi connectivity index (χ0) is 9.68. The first-order chi connectivity index (χ1) is 6.24. The van der Waals surface area contributed by atoms with Crippen LogP contribution in [0, 0.1) is 0 Å². The van der Waals surface area contributed by atoms with E-state index in [4.69, 9.17) is 22.4 Å². The van der Waals surface area contributed by atoms with Crippen LogP contribution < -0.4 is 5.73 Å². The highest BCUT2D eigenvalue weighted by atomic mass is 35.5. The molecule has 0 saturated heterocycles. The van der Waals surface area contributed by atoms with Crippen molar-refractivity contribution in [3.05, 3.63) is 34.9 Å². The molecule has 3 heteroatoms. The first-order valence-corrected chi connectivity index (χ1v) is 4.73. The number of rotatable bonds is 4. The van der Waals surface area contributed by atoms with Crippen LogP contribution in [-0.2, 0) is 0 Å². The summed E-state index contributed by atoms with van der Waals surface area (Å²) in [6.45, 7) is 0.196. The normalized spacial score (nSPS) is 12.8. The van der Waals surface area contributed by atoms with Crippen LogP contribution in [-0.4, -0.2) is 11.7 Å². The first kappa shape index (κ1) is 10.5. The van der Waals surface area contributed by atoms with E-state index in [0.29, 0.717) is 0 Å². The smallest absolute Gasteiger partial charge is 0.0431 e. The number of benzene rings is 1. The Kier molecular flexibility index (Phi) is 4.22. The highest BCUT2D eigenvalue weighted by molar-refractivity contribution is 6.30. The van der Waals surface area contributed by atoms with E-state index in [-0.39, 0.29) is 12.6 Å². The van der Waals surface area contributed by atoms with E-state index in [1.54, 1.807) is 0 Å². The van der Waals surface area contributed by atoms with Crippen LogP contribution in [0.4, 0.5) is 0 Å². The van der Waals surface area contributed by atoms with Crippen molar-refractivity contribution < 1.29 is 5.11 Å². The van der Waals surface area contributed by atoms with Gasteiger partial charge in [0, 0.05) is 17.7 Å². The van der Waals surface area contributed by atoms with Crippen molar-refractivity contribution in [2.75, 3.05) is 6.61 Å². The van der Waals surface area contributed by atoms with Gasteiger partial charge in [-0.2, -0.15) is 0 Å². The third-order valence-corrected chi connectivity index (χ3v) is 2.22. The van der Waals surface area contributed by atoms with Crippen molar-refractivity contribution in [1.29, 1.82) is 0 Å². The van der Waals surface area contributed by atoms with E-state index in [1.807, 2.05) is 24.3 Å². The van der Waals surface area contributed by atoms with E-state index in [2.05, 4.69) is 0 Å². The van der Waals surface area contributed by atoms with Crippen LogP contribution in [0.1, 0.15) is 24.4 Å². The Balaban J connectivity index is 2.55. The Morgan fingerprint density at radius 3 is 2.46 bits per heavy atom. The second-order valence-corrected chi connectivity index (χ2v) is 3.46. The first-order valence-electron chi connectivity index (χ1n) is 4.36. The molecular weight excluding hydrogens is 186 g/mol. The number of halogens is 1. The number of aliphatic hydroxyl groups excluding tert-OH is 1. The number of nitrogens with two attached hydrogens (primary N) is 1. The Morgan fingerprint density at radius 2 is 1.92 bits per heavy atom. The zero-order valence-corrected chi connectivity index (χ0v) is 8.17. The Labute approximate surface area is 83.3 Å². The van der Waals surface area contributed by atoms with Crippen LogP contribution in [0.15, 0.2) is 24.3 Å². The minimum atomic E-state index is 0.00409. The summed E-state index contributed by atoms with van der Waals surface area (Å²) >= 11 is 5.74. The largest absolute Gasteiger partial charge is 0.396 e. The van der Waals surface area contributed by atoms with Crippen LogP contribution in [0.5, 0.6) is 0 Å². The third-order valence-electron chi connectivity index (χ3n) is 1.97. The average molecular weight is 200 g/mol.